The topological polar surface area (TPSA) is 52.8 Å². The maximum atomic E-state index is 6.11. The number of fused-ring (bicyclic) bond motifs is 1. The van der Waals surface area contributed by atoms with Crippen LogP contribution in [0.25, 0.3) is 11.0 Å². The van der Waals surface area contributed by atoms with Crippen molar-refractivity contribution in [3.05, 3.63) is 17.2 Å². The van der Waals surface area contributed by atoms with E-state index in [2.05, 4.69) is 22.0 Å². The lowest BCUT2D eigenvalue weighted by atomic mass is 10.2. The molecule has 6 heteroatoms. The van der Waals surface area contributed by atoms with Gasteiger partial charge in [0.2, 0.25) is 0 Å². The van der Waals surface area contributed by atoms with E-state index in [1.165, 1.54) is 25.7 Å². The lowest BCUT2D eigenvalue weighted by Gasteiger charge is -2.04. The summed E-state index contributed by atoms with van der Waals surface area (Å²) < 4.78 is 7.30. The van der Waals surface area contributed by atoms with Crippen LogP contribution in [0.1, 0.15) is 44.9 Å². The molecule has 0 radical (unpaired) electrons. The van der Waals surface area contributed by atoms with Crippen LogP contribution in [0, 0.1) is 0 Å². The molecule has 0 amide bonds. The third-order valence-corrected chi connectivity index (χ3v) is 3.50. The quantitative estimate of drug-likeness (QED) is 0.552. The van der Waals surface area contributed by atoms with E-state index in [9.17, 15) is 0 Å². The second-order valence-corrected chi connectivity index (χ2v) is 5.26. The molecule has 0 aliphatic heterocycles. The van der Waals surface area contributed by atoms with E-state index in [0.717, 1.165) is 24.1 Å². The Bertz CT molecular complexity index is 555. The minimum atomic E-state index is 0.397. The summed E-state index contributed by atoms with van der Waals surface area (Å²) in [5.41, 5.74) is 0.742. The van der Waals surface area contributed by atoms with Crippen molar-refractivity contribution in [2.45, 2.75) is 45.6 Å². The molecular weight excluding hydrogens is 276 g/mol. The maximum absolute atomic E-state index is 6.11. The molecule has 0 aliphatic rings. The Hall–Kier alpha value is -1.20. The number of hydrogen-bond acceptors (Lipinski definition) is 4. The van der Waals surface area contributed by atoms with E-state index in [0.29, 0.717) is 17.6 Å². The van der Waals surface area contributed by atoms with Crippen LogP contribution in [-0.4, -0.2) is 26.4 Å². The summed E-state index contributed by atoms with van der Waals surface area (Å²) in [6, 6.07) is 0. The molecule has 0 saturated heterocycles. The van der Waals surface area contributed by atoms with Crippen molar-refractivity contribution >= 4 is 22.6 Å². The molecule has 0 saturated carbocycles. The van der Waals surface area contributed by atoms with Gasteiger partial charge in [-0.15, -0.1) is 0 Å². The molecule has 0 aliphatic carbocycles. The van der Waals surface area contributed by atoms with Crippen LogP contribution in [0.4, 0.5) is 0 Å². The third-order valence-electron chi connectivity index (χ3n) is 3.22. The van der Waals surface area contributed by atoms with Gasteiger partial charge >= 0.3 is 0 Å². The highest BCUT2D eigenvalue weighted by Gasteiger charge is 2.09. The van der Waals surface area contributed by atoms with Gasteiger partial charge in [0.1, 0.15) is 11.8 Å². The van der Waals surface area contributed by atoms with Gasteiger partial charge in [-0.2, -0.15) is 5.10 Å². The number of nitrogens with zero attached hydrogens (tertiary/aromatic N) is 4. The fraction of sp³-hybridized carbons (Fsp3) is 0.643. The Morgan fingerprint density at radius 3 is 2.80 bits per heavy atom. The second-order valence-electron chi connectivity index (χ2n) is 4.90. The lowest BCUT2D eigenvalue weighted by molar-refractivity contribution is 0.111. The van der Waals surface area contributed by atoms with Crippen LogP contribution in [0.3, 0.4) is 0 Å². The first-order valence-electron chi connectivity index (χ1n) is 7.14. The normalized spacial score (nSPS) is 11.3. The summed E-state index contributed by atoms with van der Waals surface area (Å²) in [5.74, 6) is 0.611. The van der Waals surface area contributed by atoms with E-state index in [1.807, 2.05) is 7.05 Å². The largest absolute Gasteiger partial charge is 0.373 e. The van der Waals surface area contributed by atoms with Gasteiger partial charge in [0.05, 0.1) is 11.6 Å². The van der Waals surface area contributed by atoms with Crippen LogP contribution in [0.15, 0.2) is 6.20 Å². The molecule has 0 aromatic carbocycles. The highest BCUT2D eigenvalue weighted by molar-refractivity contribution is 6.33. The van der Waals surface area contributed by atoms with Crippen LogP contribution >= 0.6 is 11.6 Å². The Morgan fingerprint density at radius 2 is 2.00 bits per heavy atom. The summed E-state index contributed by atoms with van der Waals surface area (Å²) in [4.78, 5) is 8.66. The molecule has 0 unspecified atom stereocenters. The average Bonchev–Trinajstić information content (AvgIpc) is 2.80. The zero-order valence-electron chi connectivity index (χ0n) is 12.1. The zero-order valence-corrected chi connectivity index (χ0v) is 12.9. The van der Waals surface area contributed by atoms with E-state index in [-0.39, 0.29) is 0 Å². The Labute approximate surface area is 124 Å². The zero-order chi connectivity index (χ0) is 14.4. The van der Waals surface area contributed by atoms with Crippen molar-refractivity contribution in [1.29, 1.82) is 0 Å². The average molecular weight is 297 g/mol. The minimum Gasteiger partial charge on any atom is -0.373 e. The summed E-state index contributed by atoms with van der Waals surface area (Å²) >= 11 is 6.11. The molecule has 2 aromatic heterocycles. The first-order chi connectivity index (χ1) is 9.72. The molecule has 2 aromatic rings. The molecular formula is C14H21ClN4O. The lowest BCUT2D eigenvalue weighted by Crippen LogP contribution is -2.03. The summed E-state index contributed by atoms with van der Waals surface area (Å²) in [6.07, 6.45) is 7.82. The predicted octanol–water partition coefficient (Wildman–Crippen LogP) is 3.50. The predicted molar refractivity (Wildman–Crippen MR) is 79.7 cm³/mol. The highest BCUT2D eigenvalue weighted by Crippen LogP contribution is 2.19. The van der Waals surface area contributed by atoms with Gasteiger partial charge in [-0.3, -0.25) is 4.68 Å². The van der Waals surface area contributed by atoms with Gasteiger partial charge < -0.3 is 4.74 Å². The number of ether oxygens (including phenoxy) is 1. The molecule has 5 nitrogen and oxygen atoms in total. The van der Waals surface area contributed by atoms with Gasteiger partial charge in [0.15, 0.2) is 11.5 Å². The summed E-state index contributed by atoms with van der Waals surface area (Å²) in [5, 5.41) is 5.34. The smallest absolute Gasteiger partial charge is 0.162 e. The number of rotatable bonds is 8. The van der Waals surface area contributed by atoms with Crippen LogP contribution in [0.2, 0.25) is 5.15 Å². The summed E-state index contributed by atoms with van der Waals surface area (Å²) in [6.45, 7) is 3.36. The minimum absolute atomic E-state index is 0.397. The molecule has 0 spiro atoms. The van der Waals surface area contributed by atoms with E-state index in [4.69, 9.17) is 16.3 Å². The van der Waals surface area contributed by atoms with E-state index < -0.39 is 0 Å². The van der Waals surface area contributed by atoms with Gasteiger partial charge in [-0.1, -0.05) is 44.2 Å². The number of halogens is 1. The monoisotopic (exact) mass is 296 g/mol. The SMILES string of the molecule is CCCCCCCOCc1nc(Cl)c2cnn(C)c2n1. The number of aromatic nitrogens is 4. The van der Waals surface area contributed by atoms with Crippen molar-refractivity contribution in [3.63, 3.8) is 0 Å². The van der Waals surface area contributed by atoms with Crippen LogP contribution in [0.5, 0.6) is 0 Å². The Morgan fingerprint density at radius 1 is 1.20 bits per heavy atom. The Balaban J connectivity index is 1.83. The van der Waals surface area contributed by atoms with Crippen LogP contribution < -0.4 is 0 Å². The van der Waals surface area contributed by atoms with E-state index in [1.54, 1.807) is 10.9 Å². The molecule has 0 atom stereocenters. The molecule has 2 rings (SSSR count). The van der Waals surface area contributed by atoms with E-state index >= 15 is 0 Å². The summed E-state index contributed by atoms with van der Waals surface area (Å²) in [7, 11) is 1.84. The molecule has 0 N–H and O–H groups in total. The van der Waals surface area contributed by atoms with Gasteiger partial charge in [-0.05, 0) is 6.42 Å². The molecule has 2 heterocycles. The Kier molecular flexibility index (Phi) is 5.73. The van der Waals surface area contributed by atoms with Crippen molar-refractivity contribution in [2.75, 3.05) is 6.61 Å². The number of aryl methyl sites for hydroxylation is 1. The fourth-order valence-corrected chi connectivity index (χ4v) is 2.30. The van der Waals surface area contributed by atoms with Crippen molar-refractivity contribution in [2.24, 2.45) is 7.05 Å². The number of unbranched alkanes of at least 4 members (excludes halogenated alkanes) is 4. The van der Waals surface area contributed by atoms with Crippen molar-refractivity contribution in [3.8, 4) is 0 Å². The molecule has 110 valence electrons. The van der Waals surface area contributed by atoms with Crippen LogP contribution in [-0.2, 0) is 18.4 Å². The first-order valence-corrected chi connectivity index (χ1v) is 7.52. The van der Waals surface area contributed by atoms with Gasteiger partial charge in [0, 0.05) is 13.7 Å². The first kappa shape index (κ1) is 15.2. The van der Waals surface area contributed by atoms with Gasteiger partial charge in [0.25, 0.3) is 0 Å². The third kappa shape index (κ3) is 3.90. The molecule has 0 bridgehead atoms. The standard InChI is InChI=1S/C14H21ClN4O/c1-3-4-5-6-7-8-20-10-12-17-13(15)11-9-16-19(2)14(11)18-12/h9H,3-8,10H2,1-2H3. The maximum Gasteiger partial charge on any atom is 0.162 e. The van der Waals surface area contributed by atoms with Crippen molar-refractivity contribution in [1.82, 2.24) is 19.7 Å². The molecule has 20 heavy (non-hydrogen) atoms. The second kappa shape index (κ2) is 7.55. The van der Waals surface area contributed by atoms with Crippen molar-refractivity contribution < 1.29 is 4.74 Å². The highest BCUT2D eigenvalue weighted by atomic mass is 35.5. The number of hydrogen-bond donors (Lipinski definition) is 0. The van der Waals surface area contributed by atoms with Gasteiger partial charge in [-0.25, -0.2) is 9.97 Å². The molecule has 0 fully saturated rings. The fourth-order valence-electron chi connectivity index (χ4n) is 2.07.